The van der Waals surface area contributed by atoms with E-state index < -0.39 is 5.97 Å². The van der Waals surface area contributed by atoms with Crippen LogP contribution in [0.4, 0.5) is 17.3 Å². The summed E-state index contributed by atoms with van der Waals surface area (Å²) >= 11 is 0. The van der Waals surface area contributed by atoms with Crippen LogP contribution in [0, 0.1) is 6.92 Å². The van der Waals surface area contributed by atoms with Gasteiger partial charge in [-0.25, -0.2) is 9.97 Å². The molecule has 1 fully saturated rings. The number of rotatable bonds is 9. The van der Waals surface area contributed by atoms with Crippen molar-refractivity contribution in [3.63, 3.8) is 0 Å². The number of piperazine rings is 1. The van der Waals surface area contributed by atoms with E-state index in [0.717, 1.165) is 60.8 Å². The second-order valence-corrected chi connectivity index (χ2v) is 11.4. The summed E-state index contributed by atoms with van der Waals surface area (Å²) in [5, 5.41) is 14.7. The van der Waals surface area contributed by atoms with E-state index in [4.69, 9.17) is 5.11 Å². The van der Waals surface area contributed by atoms with Crippen LogP contribution in [-0.2, 0) is 17.8 Å². The lowest BCUT2D eigenvalue weighted by Crippen LogP contribution is -2.43. The molecule has 0 unspecified atom stereocenters. The Kier molecular flexibility index (Phi) is 11.4. The van der Waals surface area contributed by atoms with Gasteiger partial charge in [0.15, 0.2) is 0 Å². The molecule has 1 aliphatic heterocycles. The van der Waals surface area contributed by atoms with Gasteiger partial charge in [-0.2, -0.15) is 0 Å². The van der Waals surface area contributed by atoms with E-state index in [1.807, 2.05) is 85.8 Å². The third kappa shape index (κ3) is 10.0. The fraction of sp³-hybridized carbons (Fsp3) is 0.216. The number of anilines is 3. The minimum Gasteiger partial charge on any atom is -0.481 e. The molecule has 10 nitrogen and oxygen atoms in total. The van der Waals surface area contributed by atoms with E-state index in [1.54, 1.807) is 30.7 Å². The van der Waals surface area contributed by atoms with Crippen molar-refractivity contribution in [1.82, 2.24) is 24.8 Å². The molecule has 1 amide bonds. The minimum atomic E-state index is -0.786. The summed E-state index contributed by atoms with van der Waals surface area (Å²) in [4.78, 5) is 41.0. The zero-order chi connectivity index (χ0) is 33.0. The fourth-order valence-corrected chi connectivity index (χ4v) is 5.05. The van der Waals surface area contributed by atoms with Crippen LogP contribution in [0.1, 0.15) is 27.0 Å². The topological polar surface area (TPSA) is 124 Å². The van der Waals surface area contributed by atoms with Crippen LogP contribution in [0.5, 0.6) is 0 Å². The first-order chi connectivity index (χ1) is 22.8. The third-order valence-corrected chi connectivity index (χ3v) is 7.77. The Bertz CT molecular complexity index is 1760. The molecule has 2 aromatic heterocycles. The molecular weight excluding hydrogens is 590 g/mol. The average molecular weight is 630 g/mol. The van der Waals surface area contributed by atoms with Gasteiger partial charge >= 0.3 is 5.97 Å². The van der Waals surface area contributed by atoms with Crippen molar-refractivity contribution in [1.29, 1.82) is 0 Å². The van der Waals surface area contributed by atoms with E-state index >= 15 is 0 Å². The molecule has 1 saturated heterocycles. The predicted octanol–water partition coefficient (Wildman–Crippen LogP) is 5.90. The molecule has 47 heavy (non-hydrogen) atoms. The summed E-state index contributed by atoms with van der Waals surface area (Å²) in [5.74, 6) is -0.453. The number of carboxylic acids is 1. The Morgan fingerprint density at radius 2 is 1.62 bits per heavy atom. The summed E-state index contributed by atoms with van der Waals surface area (Å²) in [7, 11) is 2.16. The number of carbonyl (C=O) groups is 2. The van der Waals surface area contributed by atoms with E-state index in [0.29, 0.717) is 17.2 Å². The zero-order valence-corrected chi connectivity index (χ0v) is 26.6. The molecular formula is C37H39N7O3. The molecule has 240 valence electrons. The van der Waals surface area contributed by atoms with Gasteiger partial charge in [0.05, 0.1) is 12.1 Å². The molecule has 0 radical (unpaired) electrons. The Balaban J connectivity index is 0.000000371. The smallest absolute Gasteiger partial charge is 0.307 e. The van der Waals surface area contributed by atoms with Crippen molar-refractivity contribution in [2.45, 2.75) is 19.9 Å². The van der Waals surface area contributed by atoms with Crippen molar-refractivity contribution in [2.75, 3.05) is 43.9 Å². The van der Waals surface area contributed by atoms with Gasteiger partial charge in [-0.3, -0.25) is 19.5 Å². The standard InChI is InChI=1S/C29H31N7O.C8H8O2/c1-21-5-10-25(18-27(21)34-29-31-13-11-26(33-29)24-4-3-12-30-19-24)32-28(37)23-8-6-22(7-9-23)20-36-16-14-35(2)15-17-36;9-8(10)6-7-4-2-1-3-5-7/h3-13,18-19H,14-17,20H2,1-2H3,(H,32,37)(H,31,33,34);1-5H,6H2,(H,9,10). The largest absolute Gasteiger partial charge is 0.481 e. The van der Waals surface area contributed by atoms with Gasteiger partial charge in [-0.15, -0.1) is 0 Å². The lowest BCUT2D eigenvalue weighted by atomic mass is 10.1. The summed E-state index contributed by atoms with van der Waals surface area (Å²) in [5.41, 5.74) is 6.92. The van der Waals surface area contributed by atoms with Gasteiger partial charge in [0.1, 0.15) is 0 Å². The maximum Gasteiger partial charge on any atom is 0.307 e. The number of likely N-dealkylation sites (N-methyl/N-ethyl adjacent to an activating group) is 1. The van der Waals surface area contributed by atoms with Gasteiger partial charge in [0.2, 0.25) is 5.95 Å². The van der Waals surface area contributed by atoms with E-state index in [9.17, 15) is 9.59 Å². The summed E-state index contributed by atoms with van der Waals surface area (Å²) in [6.07, 6.45) is 5.33. The molecule has 0 bridgehead atoms. The molecule has 10 heteroatoms. The normalized spacial score (nSPS) is 13.2. The molecule has 3 heterocycles. The SMILES string of the molecule is Cc1ccc(NC(=O)c2ccc(CN3CCN(C)CC3)cc2)cc1Nc1nccc(-c2cccnc2)n1.O=C(O)Cc1ccccc1. The van der Waals surface area contributed by atoms with Crippen LogP contribution in [0.3, 0.4) is 0 Å². The fourth-order valence-electron chi connectivity index (χ4n) is 5.05. The van der Waals surface area contributed by atoms with Crippen LogP contribution in [0.15, 0.2) is 110 Å². The van der Waals surface area contributed by atoms with Gasteiger partial charge in [0.25, 0.3) is 5.91 Å². The van der Waals surface area contributed by atoms with Gasteiger partial charge < -0.3 is 20.6 Å². The molecule has 0 spiro atoms. The molecule has 3 aromatic carbocycles. The molecule has 6 rings (SSSR count). The lowest BCUT2D eigenvalue weighted by molar-refractivity contribution is -0.136. The van der Waals surface area contributed by atoms with Crippen molar-refractivity contribution in [2.24, 2.45) is 0 Å². The maximum atomic E-state index is 12.9. The van der Waals surface area contributed by atoms with Crippen LogP contribution in [0.2, 0.25) is 0 Å². The van der Waals surface area contributed by atoms with Gasteiger partial charge in [-0.1, -0.05) is 48.5 Å². The second-order valence-electron chi connectivity index (χ2n) is 11.4. The first kappa shape index (κ1) is 32.9. The average Bonchev–Trinajstić information content (AvgIpc) is 3.09. The highest BCUT2D eigenvalue weighted by molar-refractivity contribution is 6.04. The van der Waals surface area contributed by atoms with Gasteiger partial charge in [0, 0.05) is 73.8 Å². The van der Waals surface area contributed by atoms with E-state index in [-0.39, 0.29) is 12.3 Å². The number of amides is 1. The number of hydrogen-bond donors (Lipinski definition) is 3. The number of nitrogens with one attached hydrogen (secondary N) is 2. The highest BCUT2D eigenvalue weighted by Gasteiger charge is 2.14. The molecule has 0 saturated carbocycles. The highest BCUT2D eigenvalue weighted by Crippen LogP contribution is 2.25. The summed E-state index contributed by atoms with van der Waals surface area (Å²) in [6, 6.07) is 28.4. The van der Waals surface area contributed by atoms with Crippen LogP contribution >= 0.6 is 0 Å². The number of aryl methyl sites for hydroxylation is 1. The van der Waals surface area contributed by atoms with Gasteiger partial charge in [-0.05, 0) is 73.1 Å². The first-order valence-electron chi connectivity index (χ1n) is 15.5. The van der Waals surface area contributed by atoms with Crippen molar-refractivity contribution >= 4 is 29.2 Å². The second kappa shape index (κ2) is 16.2. The number of carboxylic acid groups (broad SMARTS) is 1. The molecule has 5 aromatic rings. The summed E-state index contributed by atoms with van der Waals surface area (Å²) < 4.78 is 0. The quantitative estimate of drug-likeness (QED) is 0.183. The number of aromatic nitrogens is 3. The van der Waals surface area contributed by atoms with E-state index in [2.05, 4.69) is 42.4 Å². The maximum absolute atomic E-state index is 12.9. The minimum absolute atomic E-state index is 0.112. The summed E-state index contributed by atoms with van der Waals surface area (Å²) in [6.45, 7) is 7.24. The van der Waals surface area contributed by atoms with E-state index in [1.165, 1.54) is 5.56 Å². The highest BCUT2D eigenvalue weighted by atomic mass is 16.4. The number of aliphatic carboxylic acids is 1. The Morgan fingerprint density at radius 1 is 0.851 bits per heavy atom. The molecule has 1 aliphatic rings. The van der Waals surface area contributed by atoms with Crippen molar-refractivity contribution in [3.05, 3.63) is 132 Å². The Morgan fingerprint density at radius 3 is 2.32 bits per heavy atom. The van der Waals surface area contributed by atoms with Crippen LogP contribution < -0.4 is 10.6 Å². The zero-order valence-electron chi connectivity index (χ0n) is 26.6. The monoisotopic (exact) mass is 629 g/mol. The third-order valence-electron chi connectivity index (χ3n) is 7.77. The number of carbonyl (C=O) groups excluding carboxylic acids is 1. The molecule has 3 N–H and O–H groups in total. The number of hydrogen-bond acceptors (Lipinski definition) is 8. The van der Waals surface area contributed by atoms with Crippen molar-refractivity contribution in [3.8, 4) is 11.3 Å². The molecule has 0 aliphatic carbocycles. The lowest BCUT2D eigenvalue weighted by Gasteiger charge is -2.32. The first-order valence-corrected chi connectivity index (χ1v) is 15.5. The Hall–Kier alpha value is -5.45. The van der Waals surface area contributed by atoms with Crippen LogP contribution in [0.25, 0.3) is 11.3 Å². The predicted molar refractivity (Wildman–Crippen MR) is 185 cm³/mol. The van der Waals surface area contributed by atoms with Crippen molar-refractivity contribution < 1.29 is 14.7 Å². The number of pyridine rings is 1. The van der Waals surface area contributed by atoms with Crippen LogP contribution in [-0.4, -0.2) is 75.0 Å². The number of nitrogens with zero attached hydrogens (tertiary/aromatic N) is 5. The number of benzene rings is 3. The Labute approximate surface area is 275 Å². The molecule has 0 atom stereocenters.